The predicted octanol–water partition coefficient (Wildman–Crippen LogP) is 3.18. The molecule has 0 bridgehead atoms. The van der Waals surface area contributed by atoms with Gasteiger partial charge in [0.15, 0.2) is 5.13 Å². The van der Waals surface area contributed by atoms with Crippen LogP contribution in [-0.4, -0.2) is 28.2 Å². The second-order valence-electron chi connectivity index (χ2n) is 5.95. The number of anilines is 1. The summed E-state index contributed by atoms with van der Waals surface area (Å²) in [5.41, 5.74) is 2.07. The first-order chi connectivity index (χ1) is 11.6. The molecule has 2 aromatic rings. The number of amides is 2. The number of fused-ring (bicyclic) bond motifs is 1. The van der Waals surface area contributed by atoms with E-state index in [0.29, 0.717) is 18.2 Å². The molecule has 5 nitrogen and oxygen atoms in total. The Kier molecular flexibility index (Phi) is 4.94. The smallest absolute Gasteiger partial charge is 0.230 e. The zero-order chi connectivity index (χ0) is 17.1. The molecule has 0 saturated heterocycles. The zero-order valence-electron chi connectivity index (χ0n) is 13.9. The van der Waals surface area contributed by atoms with E-state index >= 15 is 0 Å². The van der Waals surface area contributed by atoms with Gasteiger partial charge in [0.1, 0.15) is 0 Å². The Bertz CT molecular complexity index is 742. The third-order valence-corrected chi connectivity index (χ3v) is 5.23. The minimum atomic E-state index is -0.121. The van der Waals surface area contributed by atoms with Crippen molar-refractivity contribution in [1.82, 2.24) is 9.88 Å². The van der Waals surface area contributed by atoms with Crippen molar-refractivity contribution in [2.45, 2.75) is 39.2 Å². The summed E-state index contributed by atoms with van der Waals surface area (Å²) < 4.78 is 0. The van der Waals surface area contributed by atoms with Crippen LogP contribution in [0, 0.1) is 0 Å². The number of carbonyl (C=O) groups is 2. The van der Waals surface area contributed by atoms with Gasteiger partial charge in [-0.3, -0.25) is 9.59 Å². The minimum Gasteiger partial charge on any atom is -0.337 e. The van der Waals surface area contributed by atoms with Crippen LogP contribution in [0.4, 0.5) is 5.13 Å². The molecule has 3 rings (SSSR count). The molecule has 0 fully saturated rings. The lowest BCUT2D eigenvalue weighted by Crippen LogP contribution is -2.38. The summed E-state index contributed by atoms with van der Waals surface area (Å²) in [6.07, 6.45) is 1.52. The highest BCUT2D eigenvalue weighted by molar-refractivity contribution is 7.15. The lowest BCUT2D eigenvalue weighted by atomic mass is 9.94. The molecule has 0 radical (unpaired) electrons. The van der Waals surface area contributed by atoms with Gasteiger partial charge in [-0.1, -0.05) is 48.6 Å². The van der Waals surface area contributed by atoms with Crippen molar-refractivity contribution in [3.8, 4) is 0 Å². The SMILES string of the molecule is CCC(C(=O)N1CCc2nc(NC(C)=O)sc2C1)c1ccccc1. The van der Waals surface area contributed by atoms with Crippen LogP contribution < -0.4 is 5.32 Å². The van der Waals surface area contributed by atoms with Crippen LogP contribution in [0.3, 0.4) is 0 Å². The summed E-state index contributed by atoms with van der Waals surface area (Å²) in [4.78, 5) is 31.6. The average molecular weight is 343 g/mol. The van der Waals surface area contributed by atoms with Crippen LogP contribution >= 0.6 is 11.3 Å². The normalized spacial score (nSPS) is 14.8. The molecule has 0 aliphatic carbocycles. The van der Waals surface area contributed by atoms with Gasteiger partial charge >= 0.3 is 0 Å². The second-order valence-corrected chi connectivity index (χ2v) is 7.04. The van der Waals surface area contributed by atoms with Gasteiger partial charge in [0.05, 0.1) is 18.2 Å². The molecule has 1 N–H and O–H groups in total. The first-order valence-corrected chi connectivity index (χ1v) is 9.00. The van der Waals surface area contributed by atoms with Crippen LogP contribution in [-0.2, 0) is 22.6 Å². The molecule has 1 aliphatic heterocycles. The average Bonchev–Trinajstić information content (AvgIpc) is 2.96. The molecule has 1 unspecified atom stereocenters. The van der Waals surface area contributed by atoms with Gasteiger partial charge in [-0.05, 0) is 12.0 Å². The maximum Gasteiger partial charge on any atom is 0.230 e. The monoisotopic (exact) mass is 343 g/mol. The first kappa shape index (κ1) is 16.6. The molecule has 1 aliphatic rings. The van der Waals surface area contributed by atoms with E-state index in [4.69, 9.17) is 0 Å². The Morgan fingerprint density at radius 3 is 2.75 bits per heavy atom. The van der Waals surface area contributed by atoms with E-state index in [1.54, 1.807) is 0 Å². The Morgan fingerprint density at radius 2 is 2.08 bits per heavy atom. The standard InChI is InChI=1S/C18H21N3O2S/c1-3-14(13-7-5-4-6-8-13)17(23)21-10-9-15-16(11-21)24-18(20-15)19-12(2)22/h4-8,14H,3,9-11H2,1-2H3,(H,19,20,22). The number of thiazole rings is 1. The summed E-state index contributed by atoms with van der Waals surface area (Å²) in [6, 6.07) is 9.95. The van der Waals surface area contributed by atoms with Crippen LogP contribution in [0.1, 0.15) is 42.3 Å². The molecule has 0 saturated carbocycles. The van der Waals surface area contributed by atoms with Gasteiger partial charge < -0.3 is 10.2 Å². The van der Waals surface area contributed by atoms with Crippen LogP contribution in [0.15, 0.2) is 30.3 Å². The van der Waals surface area contributed by atoms with Crippen molar-refractivity contribution in [2.24, 2.45) is 0 Å². The quantitative estimate of drug-likeness (QED) is 0.927. The van der Waals surface area contributed by atoms with Crippen molar-refractivity contribution in [1.29, 1.82) is 0 Å². The fraction of sp³-hybridized carbons (Fsp3) is 0.389. The third kappa shape index (κ3) is 3.48. The van der Waals surface area contributed by atoms with Crippen LogP contribution in [0.5, 0.6) is 0 Å². The van der Waals surface area contributed by atoms with E-state index in [2.05, 4.69) is 10.3 Å². The molecule has 126 valence electrons. The van der Waals surface area contributed by atoms with Gasteiger partial charge in [-0.25, -0.2) is 4.98 Å². The fourth-order valence-corrected chi connectivity index (χ4v) is 4.12. The van der Waals surface area contributed by atoms with Crippen molar-refractivity contribution in [3.05, 3.63) is 46.5 Å². The molecule has 1 aromatic heterocycles. The fourth-order valence-electron chi connectivity index (χ4n) is 3.05. The molecule has 2 heterocycles. The Hall–Kier alpha value is -2.21. The van der Waals surface area contributed by atoms with Gasteiger partial charge in [-0.15, -0.1) is 0 Å². The maximum absolute atomic E-state index is 13.0. The van der Waals surface area contributed by atoms with E-state index in [0.717, 1.165) is 29.0 Å². The number of rotatable bonds is 4. The van der Waals surface area contributed by atoms with Crippen molar-refractivity contribution < 1.29 is 9.59 Å². The minimum absolute atomic E-state index is 0.101. The van der Waals surface area contributed by atoms with Gasteiger partial charge in [0, 0.05) is 24.8 Å². The summed E-state index contributed by atoms with van der Waals surface area (Å²) in [5, 5.41) is 3.35. The second kappa shape index (κ2) is 7.13. The number of hydrogen-bond donors (Lipinski definition) is 1. The third-order valence-electron chi connectivity index (χ3n) is 4.23. The predicted molar refractivity (Wildman–Crippen MR) is 95.0 cm³/mol. The summed E-state index contributed by atoms with van der Waals surface area (Å²) in [5.74, 6) is -0.0523. The maximum atomic E-state index is 13.0. The molecular weight excluding hydrogens is 322 g/mol. The van der Waals surface area contributed by atoms with E-state index in [1.165, 1.54) is 18.3 Å². The number of carbonyl (C=O) groups excluding carboxylic acids is 2. The number of hydrogen-bond acceptors (Lipinski definition) is 4. The molecule has 2 amide bonds. The van der Waals surface area contributed by atoms with Gasteiger partial charge in [0.2, 0.25) is 11.8 Å². The molecule has 1 aromatic carbocycles. The Morgan fingerprint density at radius 1 is 1.33 bits per heavy atom. The summed E-state index contributed by atoms with van der Waals surface area (Å²) >= 11 is 1.46. The molecule has 0 spiro atoms. The van der Waals surface area contributed by atoms with E-state index in [1.807, 2.05) is 42.2 Å². The van der Waals surface area contributed by atoms with Crippen molar-refractivity contribution in [3.63, 3.8) is 0 Å². The number of aromatic nitrogens is 1. The Balaban J connectivity index is 1.75. The van der Waals surface area contributed by atoms with Crippen molar-refractivity contribution in [2.75, 3.05) is 11.9 Å². The highest BCUT2D eigenvalue weighted by Crippen LogP contribution is 2.31. The molecule has 1 atom stereocenters. The van der Waals surface area contributed by atoms with Gasteiger partial charge in [0.25, 0.3) is 0 Å². The first-order valence-electron chi connectivity index (χ1n) is 8.18. The van der Waals surface area contributed by atoms with Crippen LogP contribution in [0.2, 0.25) is 0 Å². The van der Waals surface area contributed by atoms with E-state index < -0.39 is 0 Å². The molecule has 24 heavy (non-hydrogen) atoms. The van der Waals surface area contributed by atoms with E-state index in [-0.39, 0.29) is 17.7 Å². The number of benzene rings is 1. The Labute approximate surface area is 145 Å². The lowest BCUT2D eigenvalue weighted by molar-refractivity contribution is -0.133. The summed E-state index contributed by atoms with van der Waals surface area (Å²) in [7, 11) is 0. The van der Waals surface area contributed by atoms with E-state index in [9.17, 15) is 9.59 Å². The largest absolute Gasteiger partial charge is 0.337 e. The molecule has 6 heteroatoms. The van der Waals surface area contributed by atoms with Crippen molar-refractivity contribution >= 4 is 28.3 Å². The highest BCUT2D eigenvalue weighted by atomic mass is 32.1. The summed E-state index contributed by atoms with van der Waals surface area (Å²) in [6.45, 7) is 4.78. The zero-order valence-corrected chi connectivity index (χ0v) is 14.7. The number of nitrogens with one attached hydrogen (secondary N) is 1. The topological polar surface area (TPSA) is 62.3 Å². The lowest BCUT2D eigenvalue weighted by Gasteiger charge is -2.29. The number of nitrogens with zero attached hydrogens (tertiary/aromatic N) is 2. The molecular formula is C18H21N3O2S. The highest BCUT2D eigenvalue weighted by Gasteiger charge is 2.29. The van der Waals surface area contributed by atoms with Crippen LogP contribution in [0.25, 0.3) is 0 Å². The van der Waals surface area contributed by atoms with Gasteiger partial charge in [-0.2, -0.15) is 0 Å².